The van der Waals surface area contributed by atoms with Gasteiger partial charge in [-0.05, 0) is 61.2 Å². The number of aromatic nitrogens is 1. The summed E-state index contributed by atoms with van der Waals surface area (Å²) in [7, 11) is 0. The Labute approximate surface area is 184 Å². The molecule has 0 N–H and O–H groups in total. The van der Waals surface area contributed by atoms with E-state index in [4.69, 9.17) is 11.6 Å². The molecule has 1 aliphatic heterocycles. The van der Waals surface area contributed by atoms with Crippen LogP contribution in [0.3, 0.4) is 0 Å². The minimum Gasteiger partial charge on any atom is -0.341 e. The van der Waals surface area contributed by atoms with E-state index in [0.717, 1.165) is 44.5 Å². The number of hydrogen-bond donors (Lipinski definition) is 0. The number of rotatable bonds is 5. The zero-order valence-electron chi connectivity index (χ0n) is 17.3. The maximum atomic E-state index is 14.0. The van der Waals surface area contributed by atoms with Crippen molar-refractivity contribution in [2.45, 2.75) is 46.2 Å². The number of carbonyl (C=O) groups is 1. The van der Waals surface area contributed by atoms with Gasteiger partial charge in [0.15, 0.2) is 0 Å². The van der Waals surface area contributed by atoms with E-state index in [0.29, 0.717) is 5.02 Å². The molecule has 0 spiro atoms. The summed E-state index contributed by atoms with van der Waals surface area (Å²) in [6.07, 6.45) is -0.406. The highest BCUT2D eigenvalue weighted by molar-refractivity contribution is 8.00. The fourth-order valence-electron chi connectivity index (χ4n) is 4.55. The topological polar surface area (TPSA) is 25.2 Å². The van der Waals surface area contributed by atoms with E-state index in [2.05, 4.69) is 6.07 Å². The van der Waals surface area contributed by atoms with Crippen molar-refractivity contribution in [2.24, 2.45) is 0 Å². The second-order valence-electron chi connectivity index (χ2n) is 7.78. The SMILES string of the molecule is CSN1c2c(C)c(CC(C)=O)c(-c3ccc(Cl)cc3)c3cc(C)n(c23)CC1C(F)F. The van der Waals surface area contributed by atoms with Crippen LogP contribution in [-0.2, 0) is 17.8 Å². The zero-order valence-corrected chi connectivity index (χ0v) is 18.9. The Morgan fingerprint density at radius 1 is 1.27 bits per heavy atom. The molecular weight excluding hydrogens is 426 g/mol. The summed E-state index contributed by atoms with van der Waals surface area (Å²) in [5.74, 6) is 0.0351. The van der Waals surface area contributed by atoms with Crippen molar-refractivity contribution in [1.82, 2.24) is 4.57 Å². The Bertz CT molecular complexity index is 1140. The average Bonchev–Trinajstić information content (AvgIpc) is 3.02. The minimum atomic E-state index is -2.48. The molecule has 30 heavy (non-hydrogen) atoms. The van der Waals surface area contributed by atoms with Crippen LogP contribution in [0, 0.1) is 13.8 Å². The molecule has 0 fully saturated rings. The Morgan fingerprint density at radius 2 is 1.93 bits per heavy atom. The van der Waals surface area contributed by atoms with E-state index in [-0.39, 0.29) is 18.7 Å². The van der Waals surface area contributed by atoms with Crippen molar-refractivity contribution in [2.75, 3.05) is 10.6 Å². The third-order valence-electron chi connectivity index (χ3n) is 5.84. The molecule has 0 saturated carbocycles. The van der Waals surface area contributed by atoms with Gasteiger partial charge in [-0.1, -0.05) is 35.7 Å². The van der Waals surface area contributed by atoms with Gasteiger partial charge in [0.1, 0.15) is 11.8 Å². The van der Waals surface area contributed by atoms with Crippen molar-refractivity contribution in [3.05, 3.63) is 52.2 Å². The first-order valence-electron chi connectivity index (χ1n) is 9.76. The molecule has 0 bridgehead atoms. The molecule has 3 aromatic rings. The lowest BCUT2D eigenvalue weighted by molar-refractivity contribution is -0.116. The number of carbonyl (C=O) groups excluding carboxylic acids is 1. The molecule has 2 aromatic carbocycles. The zero-order chi connectivity index (χ0) is 21.7. The van der Waals surface area contributed by atoms with Gasteiger partial charge < -0.3 is 8.87 Å². The Hall–Kier alpha value is -2.05. The minimum absolute atomic E-state index is 0.0351. The molecular formula is C23H23ClF2N2OS. The molecule has 0 radical (unpaired) electrons. The first-order chi connectivity index (χ1) is 14.2. The van der Waals surface area contributed by atoms with Crippen LogP contribution in [0.1, 0.15) is 23.7 Å². The smallest absolute Gasteiger partial charge is 0.261 e. The van der Waals surface area contributed by atoms with Crippen molar-refractivity contribution < 1.29 is 13.6 Å². The van der Waals surface area contributed by atoms with Gasteiger partial charge in [0.2, 0.25) is 0 Å². The molecule has 1 atom stereocenters. The van der Waals surface area contributed by atoms with E-state index in [1.165, 1.54) is 11.9 Å². The van der Waals surface area contributed by atoms with Crippen LogP contribution < -0.4 is 4.31 Å². The largest absolute Gasteiger partial charge is 0.341 e. The standard InChI is InChI=1S/C23H23ClF2N2OS/c1-12-9-18-20(15-5-7-16(24)8-6-15)17(10-13(2)29)14(3)21-22(18)27(12)11-19(23(25)26)28(21)30-4/h5-9,19,23H,10-11H2,1-4H3. The molecule has 0 aliphatic carbocycles. The average molecular weight is 449 g/mol. The molecule has 3 nitrogen and oxygen atoms in total. The summed E-state index contributed by atoms with van der Waals surface area (Å²) in [6.45, 7) is 5.68. The van der Waals surface area contributed by atoms with Crippen LogP contribution in [0.2, 0.25) is 5.02 Å². The number of alkyl halides is 2. The van der Waals surface area contributed by atoms with Gasteiger partial charge in [-0.2, -0.15) is 0 Å². The van der Waals surface area contributed by atoms with Crippen LogP contribution in [-0.4, -0.2) is 29.1 Å². The number of halogens is 3. The summed E-state index contributed by atoms with van der Waals surface area (Å²) in [5, 5.41) is 1.62. The molecule has 7 heteroatoms. The van der Waals surface area contributed by atoms with Crippen LogP contribution in [0.15, 0.2) is 30.3 Å². The highest BCUT2D eigenvalue weighted by atomic mass is 35.5. The predicted molar refractivity (Wildman–Crippen MR) is 122 cm³/mol. The quantitative estimate of drug-likeness (QED) is 0.420. The fraction of sp³-hybridized carbons (Fsp3) is 0.348. The van der Waals surface area contributed by atoms with Gasteiger partial charge in [-0.25, -0.2) is 8.78 Å². The Balaban J connectivity index is 2.13. The van der Waals surface area contributed by atoms with E-state index in [1.54, 1.807) is 11.2 Å². The maximum absolute atomic E-state index is 14.0. The second kappa shape index (κ2) is 7.89. The molecule has 4 rings (SSSR count). The van der Waals surface area contributed by atoms with Gasteiger partial charge in [-0.3, -0.25) is 4.79 Å². The number of benzene rings is 2. The van der Waals surface area contributed by atoms with Gasteiger partial charge in [0, 0.05) is 35.3 Å². The summed E-state index contributed by atoms with van der Waals surface area (Å²) in [5.41, 5.74) is 6.39. The van der Waals surface area contributed by atoms with Crippen molar-refractivity contribution in [3.63, 3.8) is 0 Å². The summed E-state index contributed by atoms with van der Waals surface area (Å²) in [6, 6.07) is 8.70. The first-order valence-corrected chi connectivity index (χ1v) is 11.3. The summed E-state index contributed by atoms with van der Waals surface area (Å²) >= 11 is 7.41. The number of aryl methyl sites for hydroxylation is 1. The van der Waals surface area contributed by atoms with Gasteiger partial charge in [-0.15, -0.1) is 0 Å². The highest BCUT2D eigenvalue weighted by Gasteiger charge is 2.37. The predicted octanol–water partition coefficient (Wildman–Crippen LogP) is 6.44. The second-order valence-corrected chi connectivity index (χ2v) is 8.98. The van der Waals surface area contributed by atoms with Crippen molar-refractivity contribution >= 4 is 45.9 Å². The van der Waals surface area contributed by atoms with Crippen molar-refractivity contribution in [1.29, 1.82) is 0 Å². The highest BCUT2D eigenvalue weighted by Crippen LogP contribution is 2.48. The third kappa shape index (κ3) is 3.30. The van der Waals surface area contributed by atoms with Crippen LogP contribution in [0.5, 0.6) is 0 Å². The Kier molecular flexibility index (Phi) is 5.58. The van der Waals surface area contributed by atoms with E-state index < -0.39 is 12.5 Å². The summed E-state index contributed by atoms with van der Waals surface area (Å²) in [4.78, 5) is 12.2. The lowest BCUT2D eigenvalue weighted by Crippen LogP contribution is -2.42. The third-order valence-corrected chi connectivity index (χ3v) is 6.94. The maximum Gasteiger partial charge on any atom is 0.261 e. The molecule has 158 valence electrons. The number of Topliss-reactive ketones (excluding diaryl/α,β-unsaturated/α-hetero) is 1. The molecule has 1 aromatic heterocycles. The molecule has 0 amide bonds. The van der Waals surface area contributed by atoms with Gasteiger partial charge in [0.05, 0.1) is 11.2 Å². The normalized spacial score (nSPS) is 16.0. The van der Waals surface area contributed by atoms with Crippen LogP contribution >= 0.6 is 23.5 Å². The van der Waals surface area contributed by atoms with Crippen LogP contribution in [0.4, 0.5) is 14.5 Å². The Morgan fingerprint density at radius 3 is 2.50 bits per heavy atom. The fourth-order valence-corrected chi connectivity index (χ4v) is 5.51. The summed E-state index contributed by atoms with van der Waals surface area (Å²) < 4.78 is 31.7. The van der Waals surface area contributed by atoms with Gasteiger partial charge >= 0.3 is 0 Å². The molecule has 1 unspecified atom stereocenters. The van der Waals surface area contributed by atoms with Crippen molar-refractivity contribution in [3.8, 4) is 11.1 Å². The van der Waals surface area contributed by atoms with Gasteiger partial charge in [0.25, 0.3) is 6.43 Å². The first kappa shape index (κ1) is 21.2. The molecule has 0 saturated heterocycles. The number of nitrogens with zero attached hydrogens (tertiary/aromatic N) is 2. The van der Waals surface area contributed by atoms with E-state index >= 15 is 0 Å². The van der Waals surface area contributed by atoms with Crippen LogP contribution in [0.25, 0.3) is 22.0 Å². The molecule has 2 heterocycles. The lowest BCUT2D eigenvalue weighted by Gasteiger charge is -2.38. The molecule has 1 aliphatic rings. The monoisotopic (exact) mass is 448 g/mol. The number of hydrogen-bond acceptors (Lipinski definition) is 3. The lowest BCUT2D eigenvalue weighted by atomic mass is 9.88. The van der Waals surface area contributed by atoms with E-state index in [9.17, 15) is 13.6 Å². The number of ketones is 1. The number of anilines is 1. The van der Waals surface area contributed by atoms with E-state index in [1.807, 2.05) is 48.9 Å².